The number of rotatable bonds is 1. The molecule has 0 bridgehead atoms. The zero-order valence-electron chi connectivity index (χ0n) is 10.8. The summed E-state index contributed by atoms with van der Waals surface area (Å²) in [5.74, 6) is 0. The van der Waals surface area contributed by atoms with E-state index in [1.807, 2.05) is 6.07 Å². The molecule has 0 aromatic carbocycles. The third-order valence-electron chi connectivity index (χ3n) is 4.23. The molecule has 1 aromatic heterocycles. The second-order valence-corrected chi connectivity index (χ2v) is 5.87. The molecule has 0 radical (unpaired) electrons. The Labute approximate surface area is 114 Å². The highest BCUT2D eigenvalue weighted by Gasteiger charge is 2.32. The fourth-order valence-corrected chi connectivity index (χ4v) is 3.45. The van der Waals surface area contributed by atoms with Gasteiger partial charge >= 0.3 is 0 Å². The highest BCUT2D eigenvalue weighted by atomic mass is 35.5. The second-order valence-electron chi connectivity index (χ2n) is 5.48. The molecule has 0 aliphatic carbocycles. The Balaban J connectivity index is 1.80. The third-order valence-corrected chi connectivity index (χ3v) is 4.44. The van der Waals surface area contributed by atoms with Gasteiger partial charge in [0.1, 0.15) is 5.15 Å². The third kappa shape index (κ3) is 2.34. The van der Waals surface area contributed by atoms with Crippen molar-refractivity contribution in [3.8, 4) is 0 Å². The van der Waals surface area contributed by atoms with Crippen LogP contribution in [0.15, 0.2) is 18.3 Å². The predicted octanol–water partition coefficient (Wildman–Crippen LogP) is 2.80. The first-order chi connectivity index (χ1) is 8.74. The summed E-state index contributed by atoms with van der Waals surface area (Å²) in [5.41, 5.74) is 1.22. The van der Waals surface area contributed by atoms with Gasteiger partial charge < -0.3 is 4.90 Å². The van der Waals surface area contributed by atoms with Gasteiger partial charge in [-0.05, 0) is 38.4 Å². The van der Waals surface area contributed by atoms with Gasteiger partial charge in [-0.3, -0.25) is 4.90 Å². The molecule has 2 fully saturated rings. The van der Waals surface area contributed by atoms with Crippen LogP contribution < -0.4 is 4.90 Å². The van der Waals surface area contributed by atoms with E-state index in [1.54, 1.807) is 6.20 Å². The van der Waals surface area contributed by atoms with Crippen LogP contribution in [0.25, 0.3) is 0 Å². The van der Waals surface area contributed by atoms with E-state index in [2.05, 4.69) is 27.8 Å². The molecule has 98 valence electrons. The van der Waals surface area contributed by atoms with Gasteiger partial charge in [0.05, 0.1) is 0 Å². The van der Waals surface area contributed by atoms with Crippen LogP contribution in [0.3, 0.4) is 0 Å². The number of hydrogen-bond donors (Lipinski definition) is 0. The Hall–Kier alpha value is -0.800. The summed E-state index contributed by atoms with van der Waals surface area (Å²) in [4.78, 5) is 9.22. The van der Waals surface area contributed by atoms with E-state index in [9.17, 15) is 0 Å². The largest absolute Gasteiger partial charge is 0.366 e. The van der Waals surface area contributed by atoms with Crippen LogP contribution in [0, 0.1) is 0 Å². The molecule has 0 N–H and O–H groups in total. The van der Waals surface area contributed by atoms with Gasteiger partial charge in [0, 0.05) is 37.1 Å². The number of nitrogens with zero attached hydrogens (tertiary/aromatic N) is 3. The maximum atomic E-state index is 6.00. The van der Waals surface area contributed by atoms with Gasteiger partial charge in [-0.2, -0.15) is 0 Å². The van der Waals surface area contributed by atoms with Crippen molar-refractivity contribution in [3.63, 3.8) is 0 Å². The quantitative estimate of drug-likeness (QED) is 0.728. The molecule has 3 rings (SSSR count). The lowest BCUT2D eigenvalue weighted by atomic mass is 9.97. The van der Waals surface area contributed by atoms with Gasteiger partial charge in [0.15, 0.2) is 0 Å². The van der Waals surface area contributed by atoms with E-state index in [4.69, 9.17) is 11.6 Å². The summed E-state index contributed by atoms with van der Waals surface area (Å²) < 4.78 is 0. The van der Waals surface area contributed by atoms with Gasteiger partial charge in [0.2, 0.25) is 0 Å². The van der Waals surface area contributed by atoms with E-state index in [0.717, 1.165) is 12.6 Å². The maximum absolute atomic E-state index is 6.00. The van der Waals surface area contributed by atoms with Crippen LogP contribution in [0.5, 0.6) is 0 Å². The maximum Gasteiger partial charge on any atom is 0.131 e. The lowest BCUT2D eigenvalue weighted by molar-refractivity contribution is 0.115. The highest BCUT2D eigenvalue weighted by molar-refractivity contribution is 6.29. The topological polar surface area (TPSA) is 19.4 Å². The molecule has 2 aliphatic rings. The number of fused-ring (bicyclic) bond motifs is 1. The SMILES string of the molecule is CC1CN2CCCCC2CN1c1ccnc(Cl)c1. The Kier molecular flexibility index (Phi) is 3.44. The minimum Gasteiger partial charge on any atom is -0.366 e. The molecule has 18 heavy (non-hydrogen) atoms. The molecule has 0 amide bonds. The Morgan fingerprint density at radius 1 is 1.33 bits per heavy atom. The summed E-state index contributed by atoms with van der Waals surface area (Å²) in [7, 11) is 0. The highest BCUT2D eigenvalue weighted by Crippen LogP contribution is 2.28. The van der Waals surface area contributed by atoms with Crippen molar-refractivity contribution in [2.75, 3.05) is 24.5 Å². The second kappa shape index (κ2) is 5.06. The fraction of sp³-hybridized carbons (Fsp3) is 0.643. The lowest BCUT2D eigenvalue weighted by Crippen LogP contribution is -2.58. The molecule has 1 aromatic rings. The number of piperazine rings is 1. The van der Waals surface area contributed by atoms with Crippen molar-refractivity contribution >= 4 is 17.3 Å². The Morgan fingerprint density at radius 2 is 2.22 bits per heavy atom. The number of halogens is 1. The van der Waals surface area contributed by atoms with Crippen molar-refractivity contribution in [3.05, 3.63) is 23.5 Å². The number of hydrogen-bond acceptors (Lipinski definition) is 3. The first kappa shape index (κ1) is 12.2. The molecule has 2 aliphatic heterocycles. The number of pyridine rings is 1. The zero-order valence-corrected chi connectivity index (χ0v) is 11.6. The van der Waals surface area contributed by atoms with Gasteiger partial charge in [-0.15, -0.1) is 0 Å². The van der Waals surface area contributed by atoms with Crippen molar-refractivity contribution in [2.45, 2.75) is 38.3 Å². The Bertz CT molecular complexity index is 423. The molecule has 0 saturated carbocycles. The van der Waals surface area contributed by atoms with Crippen LogP contribution in [0.1, 0.15) is 26.2 Å². The summed E-state index contributed by atoms with van der Waals surface area (Å²) in [6, 6.07) is 5.33. The number of piperidine rings is 1. The molecule has 2 saturated heterocycles. The van der Waals surface area contributed by atoms with Crippen molar-refractivity contribution in [1.29, 1.82) is 0 Å². The zero-order chi connectivity index (χ0) is 12.5. The lowest BCUT2D eigenvalue weighted by Gasteiger charge is -2.48. The van der Waals surface area contributed by atoms with Gasteiger partial charge in [0.25, 0.3) is 0 Å². The van der Waals surface area contributed by atoms with Crippen LogP contribution in [0.2, 0.25) is 5.15 Å². The molecule has 4 heteroatoms. The first-order valence-electron chi connectivity index (χ1n) is 6.86. The van der Waals surface area contributed by atoms with Crippen LogP contribution in [-0.4, -0.2) is 41.6 Å². The molecular weight excluding hydrogens is 246 g/mol. The van der Waals surface area contributed by atoms with E-state index in [1.165, 1.54) is 38.0 Å². The van der Waals surface area contributed by atoms with Crippen LogP contribution in [0.4, 0.5) is 5.69 Å². The van der Waals surface area contributed by atoms with Gasteiger partial charge in [-0.25, -0.2) is 4.98 Å². The standard InChI is InChI=1S/C14H20ClN3/c1-11-9-17-7-3-2-4-13(17)10-18(11)12-5-6-16-14(15)8-12/h5-6,8,11,13H,2-4,7,9-10H2,1H3. The molecule has 3 heterocycles. The molecule has 0 spiro atoms. The Morgan fingerprint density at radius 3 is 3.06 bits per heavy atom. The fourth-order valence-electron chi connectivity index (χ4n) is 3.28. The minimum atomic E-state index is 0.554. The molecule has 2 atom stereocenters. The van der Waals surface area contributed by atoms with E-state index >= 15 is 0 Å². The van der Waals surface area contributed by atoms with Crippen LogP contribution in [-0.2, 0) is 0 Å². The predicted molar refractivity (Wildman–Crippen MR) is 75.3 cm³/mol. The minimum absolute atomic E-state index is 0.554. The molecular formula is C14H20ClN3. The number of aromatic nitrogens is 1. The smallest absolute Gasteiger partial charge is 0.131 e. The number of anilines is 1. The van der Waals surface area contributed by atoms with Crippen molar-refractivity contribution in [1.82, 2.24) is 9.88 Å². The van der Waals surface area contributed by atoms with Gasteiger partial charge in [-0.1, -0.05) is 18.0 Å². The average molecular weight is 266 g/mol. The molecule has 2 unspecified atom stereocenters. The van der Waals surface area contributed by atoms with Crippen LogP contribution >= 0.6 is 11.6 Å². The van der Waals surface area contributed by atoms with E-state index < -0.39 is 0 Å². The summed E-state index contributed by atoms with van der Waals surface area (Å²) >= 11 is 6.00. The van der Waals surface area contributed by atoms with Crippen molar-refractivity contribution < 1.29 is 0 Å². The first-order valence-corrected chi connectivity index (χ1v) is 7.24. The summed E-state index contributed by atoms with van der Waals surface area (Å²) in [6.45, 7) is 5.88. The molecule has 3 nitrogen and oxygen atoms in total. The summed E-state index contributed by atoms with van der Waals surface area (Å²) in [6.07, 6.45) is 5.88. The van der Waals surface area contributed by atoms with Crippen molar-refractivity contribution in [2.24, 2.45) is 0 Å². The van der Waals surface area contributed by atoms with E-state index in [0.29, 0.717) is 11.2 Å². The monoisotopic (exact) mass is 265 g/mol. The normalized spacial score (nSPS) is 29.1. The summed E-state index contributed by atoms with van der Waals surface area (Å²) in [5, 5.41) is 0.589. The average Bonchev–Trinajstić information content (AvgIpc) is 2.38. The van der Waals surface area contributed by atoms with E-state index in [-0.39, 0.29) is 0 Å².